The largest absolute Gasteiger partial charge is 0.497 e. The molecule has 1 atom stereocenters. The topological polar surface area (TPSA) is 44.8 Å². The van der Waals surface area contributed by atoms with E-state index in [2.05, 4.69) is 24.2 Å². The van der Waals surface area contributed by atoms with Gasteiger partial charge >= 0.3 is 0 Å². The molecule has 1 N–H and O–H groups in total. The van der Waals surface area contributed by atoms with Gasteiger partial charge < -0.3 is 15.0 Å². The smallest absolute Gasteiger partial charge is 0.240 e. The molecule has 0 radical (unpaired) electrons. The van der Waals surface area contributed by atoms with Gasteiger partial charge in [0.25, 0.3) is 0 Å². The highest BCUT2D eigenvalue weighted by atomic mass is 16.5. The highest BCUT2D eigenvalue weighted by Crippen LogP contribution is 2.41. The zero-order valence-corrected chi connectivity index (χ0v) is 15.8. The third-order valence-corrected chi connectivity index (χ3v) is 5.92. The van der Waals surface area contributed by atoms with Crippen LogP contribution >= 0.6 is 0 Å². The lowest BCUT2D eigenvalue weighted by molar-refractivity contribution is -0.136. The van der Waals surface area contributed by atoms with E-state index in [-0.39, 0.29) is 11.9 Å². The molecule has 0 aromatic heterocycles. The third-order valence-electron chi connectivity index (χ3n) is 5.92. The van der Waals surface area contributed by atoms with E-state index in [4.69, 9.17) is 4.74 Å². The van der Waals surface area contributed by atoms with Crippen LogP contribution in [0.5, 0.6) is 5.75 Å². The average Bonchev–Trinajstić information content (AvgIpc) is 2.95. The molecule has 2 aliphatic rings. The zero-order valence-electron chi connectivity index (χ0n) is 15.8. The predicted octanol–water partition coefficient (Wildman–Crippen LogP) is 2.12. The highest BCUT2D eigenvalue weighted by molar-refractivity contribution is 5.82. The van der Waals surface area contributed by atoms with E-state index in [1.54, 1.807) is 7.11 Å². The molecule has 0 bridgehead atoms. The van der Waals surface area contributed by atoms with Crippen LogP contribution in [0.2, 0.25) is 0 Å². The Morgan fingerprint density at radius 3 is 2.60 bits per heavy atom. The molecular formula is C20H31N3O2. The second kappa shape index (κ2) is 7.75. The van der Waals surface area contributed by atoms with Crippen LogP contribution in [-0.2, 0) is 11.3 Å². The Kier molecular flexibility index (Phi) is 5.64. The predicted molar refractivity (Wildman–Crippen MR) is 99.7 cm³/mol. The second-order valence-electron chi connectivity index (χ2n) is 7.59. The number of carbonyl (C=O) groups is 1. The van der Waals surface area contributed by atoms with Gasteiger partial charge in [-0.1, -0.05) is 12.1 Å². The normalized spacial score (nSPS) is 22.9. The summed E-state index contributed by atoms with van der Waals surface area (Å²) < 4.78 is 5.21. The summed E-state index contributed by atoms with van der Waals surface area (Å²) >= 11 is 0. The van der Waals surface area contributed by atoms with Crippen molar-refractivity contribution >= 4 is 5.91 Å². The van der Waals surface area contributed by atoms with Crippen molar-refractivity contribution < 1.29 is 9.53 Å². The van der Waals surface area contributed by atoms with Crippen molar-refractivity contribution in [2.75, 3.05) is 40.3 Å². The molecule has 1 amide bonds. The molecule has 2 saturated heterocycles. The van der Waals surface area contributed by atoms with Gasteiger partial charge in [0.1, 0.15) is 5.75 Å². The summed E-state index contributed by atoms with van der Waals surface area (Å²) in [4.78, 5) is 17.5. The zero-order chi connectivity index (χ0) is 17.9. The third kappa shape index (κ3) is 3.98. The fraction of sp³-hybridized carbons (Fsp3) is 0.650. The standard InChI is InChI=1S/C20H31N3O2/c1-4-23(14-16-5-7-17(25-3)8-6-16)19(24)18-13-20(15-22(18)2)9-11-21-12-10-20/h5-8,18,21H,4,9-15H2,1-3H3. The van der Waals surface area contributed by atoms with Gasteiger partial charge in [0.15, 0.2) is 0 Å². The highest BCUT2D eigenvalue weighted by Gasteiger charge is 2.46. The van der Waals surface area contributed by atoms with Gasteiger partial charge in [0.2, 0.25) is 5.91 Å². The molecule has 3 rings (SSSR count). The SMILES string of the molecule is CCN(Cc1ccc(OC)cc1)C(=O)C1CC2(CCNCC2)CN1C. The Morgan fingerprint density at radius 1 is 1.32 bits per heavy atom. The van der Waals surface area contributed by atoms with Crippen molar-refractivity contribution in [3.8, 4) is 5.75 Å². The number of likely N-dealkylation sites (tertiary alicyclic amines) is 1. The molecule has 1 unspecified atom stereocenters. The molecule has 0 saturated carbocycles. The first-order valence-electron chi connectivity index (χ1n) is 9.39. The van der Waals surface area contributed by atoms with Gasteiger partial charge in [-0.3, -0.25) is 9.69 Å². The van der Waals surface area contributed by atoms with Crippen LogP contribution in [-0.4, -0.2) is 62.1 Å². The van der Waals surface area contributed by atoms with Gasteiger partial charge in [-0.05, 0) is 69.4 Å². The maximum Gasteiger partial charge on any atom is 0.240 e. The van der Waals surface area contributed by atoms with Gasteiger partial charge in [-0.2, -0.15) is 0 Å². The lowest BCUT2D eigenvalue weighted by Crippen LogP contribution is -2.43. The molecule has 0 aliphatic carbocycles. The molecular weight excluding hydrogens is 314 g/mol. The summed E-state index contributed by atoms with van der Waals surface area (Å²) in [5, 5.41) is 3.45. The number of rotatable bonds is 5. The molecule has 25 heavy (non-hydrogen) atoms. The van der Waals surface area contributed by atoms with E-state index in [1.165, 1.54) is 12.8 Å². The lowest BCUT2D eigenvalue weighted by atomic mass is 9.77. The van der Waals surface area contributed by atoms with Crippen molar-refractivity contribution in [2.24, 2.45) is 5.41 Å². The molecule has 1 aromatic carbocycles. The summed E-state index contributed by atoms with van der Waals surface area (Å²) in [6.45, 7) is 6.68. The quantitative estimate of drug-likeness (QED) is 0.888. The molecule has 138 valence electrons. The molecule has 1 aromatic rings. The number of likely N-dealkylation sites (N-methyl/N-ethyl adjacent to an activating group) is 2. The monoisotopic (exact) mass is 345 g/mol. The number of nitrogens with one attached hydrogen (secondary N) is 1. The lowest BCUT2D eigenvalue weighted by Gasteiger charge is -2.33. The number of methoxy groups -OCH3 is 1. The Labute approximate surface area is 151 Å². The van der Waals surface area contributed by atoms with E-state index in [1.807, 2.05) is 29.2 Å². The van der Waals surface area contributed by atoms with Crippen LogP contribution in [0.3, 0.4) is 0 Å². The van der Waals surface area contributed by atoms with Crippen molar-refractivity contribution in [1.82, 2.24) is 15.1 Å². The van der Waals surface area contributed by atoms with Crippen molar-refractivity contribution in [3.05, 3.63) is 29.8 Å². The minimum atomic E-state index is 0.0244. The Balaban J connectivity index is 1.66. The number of hydrogen-bond donors (Lipinski definition) is 1. The Hall–Kier alpha value is -1.59. The Bertz CT molecular complexity index is 581. The summed E-state index contributed by atoms with van der Waals surface area (Å²) in [6, 6.07) is 8.03. The summed E-state index contributed by atoms with van der Waals surface area (Å²) in [7, 11) is 3.78. The van der Waals surface area contributed by atoms with Gasteiger partial charge in [0.05, 0.1) is 13.2 Å². The first kappa shape index (κ1) is 18.2. The Morgan fingerprint density at radius 2 is 2.00 bits per heavy atom. The molecule has 5 heteroatoms. The fourth-order valence-electron chi connectivity index (χ4n) is 4.37. The van der Waals surface area contributed by atoms with Crippen LogP contribution in [0.25, 0.3) is 0 Å². The molecule has 1 spiro atoms. The van der Waals surface area contributed by atoms with Crippen molar-refractivity contribution in [1.29, 1.82) is 0 Å². The minimum absolute atomic E-state index is 0.0244. The van der Waals surface area contributed by atoms with E-state index >= 15 is 0 Å². The van der Waals surface area contributed by atoms with Crippen LogP contribution in [0.1, 0.15) is 31.7 Å². The van der Waals surface area contributed by atoms with Crippen LogP contribution in [0, 0.1) is 5.41 Å². The number of benzene rings is 1. The first-order valence-corrected chi connectivity index (χ1v) is 9.39. The summed E-state index contributed by atoms with van der Waals surface area (Å²) in [6.07, 6.45) is 3.38. The maximum atomic E-state index is 13.2. The number of hydrogen-bond acceptors (Lipinski definition) is 4. The van der Waals surface area contributed by atoms with Crippen LogP contribution in [0.15, 0.2) is 24.3 Å². The second-order valence-corrected chi connectivity index (χ2v) is 7.59. The van der Waals surface area contributed by atoms with E-state index in [9.17, 15) is 4.79 Å². The molecule has 2 aliphatic heterocycles. The van der Waals surface area contributed by atoms with Gasteiger partial charge in [0, 0.05) is 19.6 Å². The average molecular weight is 345 g/mol. The van der Waals surface area contributed by atoms with E-state index in [0.717, 1.165) is 43.9 Å². The van der Waals surface area contributed by atoms with Crippen molar-refractivity contribution in [3.63, 3.8) is 0 Å². The minimum Gasteiger partial charge on any atom is -0.497 e. The molecule has 5 nitrogen and oxygen atoms in total. The summed E-state index contributed by atoms with van der Waals surface area (Å²) in [5.74, 6) is 1.12. The molecule has 2 fully saturated rings. The van der Waals surface area contributed by atoms with E-state index < -0.39 is 0 Å². The number of ether oxygens (including phenoxy) is 1. The van der Waals surface area contributed by atoms with Gasteiger partial charge in [-0.25, -0.2) is 0 Å². The van der Waals surface area contributed by atoms with Crippen LogP contribution < -0.4 is 10.1 Å². The number of nitrogens with zero attached hydrogens (tertiary/aromatic N) is 2. The van der Waals surface area contributed by atoms with Crippen LogP contribution in [0.4, 0.5) is 0 Å². The number of carbonyl (C=O) groups excluding carboxylic acids is 1. The molecule has 2 heterocycles. The first-order chi connectivity index (χ1) is 12.1. The number of amides is 1. The maximum absolute atomic E-state index is 13.2. The van der Waals surface area contributed by atoms with E-state index in [0.29, 0.717) is 12.0 Å². The summed E-state index contributed by atoms with van der Waals surface area (Å²) in [5.41, 5.74) is 1.48. The fourth-order valence-corrected chi connectivity index (χ4v) is 4.37. The van der Waals surface area contributed by atoms with Gasteiger partial charge in [-0.15, -0.1) is 0 Å². The van der Waals surface area contributed by atoms with Crippen molar-refractivity contribution in [2.45, 2.75) is 38.8 Å². The number of piperidine rings is 1.